The molecule has 4 heteroatoms. The van der Waals surface area contributed by atoms with Crippen LogP contribution in [0.5, 0.6) is 0 Å². The number of para-hydroxylation sites is 1. The number of likely N-dealkylation sites (tertiary alicyclic amines) is 1. The van der Waals surface area contributed by atoms with E-state index in [9.17, 15) is 0 Å². The van der Waals surface area contributed by atoms with Crippen LogP contribution < -0.4 is 5.32 Å². The minimum atomic E-state index is 0.682. The van der Waals surface area contributed by atoms with Gasteiger partial charge in [0, 0.05) is 47.3 Å². The lowest BCUT2D eigenvalue weighted by Crippen LogP contribution is -2.37. The number of fused-ring (bicyclic) bond motifs is 1. The Morgan fingerprint density at radius 2 is 1.89 bits per heavy atom. The minimum Gasteiger partial charge on any atom is -0.340 e. The summed E-state index contributed by atoms with van der Waals surface area (Å²) in [6.45, 7) is 9.69. The van der Waals surface area contributed by atoms with Crippen LogP contribution >= 0.6 is 11.6 Å². The third-order valence-electron chi connectivity index (χ3n) is 6.23. The van der Waals surface area contributed by atoms with Gasteiger partial charge in [0.15, 0.2) is 0 Å². The van der Waals surface area contributed by atoms with Crippen LogP contribution in [0.1, 0.15) is 36.6 Å². The van der Waals surface area contributed by atoms with Crippen molar-refractivity contribution in [1.29, 1.82) is 0 Å². The summed E-state index contributed by atoms with van der Waals surface area (Å²) in [7, 11) is 0. The third-order valence-corrected chi connectivity index (χ3v) is 6.60. The van der Waals surface area contributed by atoms with Crippen LogP contribution in [0.2, 0.25) is 5.02 Å². The highest BCUT2D eigenvalue weighted by Crippen LogP contribution is 2.28. The Labute approximate surface area is 173 Å². The maximum Gasteiger partial charge on any atom is 0.0493 e. The summed E-state index contributed by atoms with van der Waals surface area (Å²) in [4.78, 5) is 2.60. The molecular weight excluding hydrogens is 366 g/mol. The molecule has 1 aliphatic heterocycles. The summed E-state index contributed by atoms with van der Waals surface area (Å²) in [5, 5.41) is 5.93. The molecule has 0 bridgehead atoms. The lowest BCUT2D eigenvalue weighted by molar-refractivity contribution is 0.260. The van der Waals surface area contributed by atoms with E-state index in [2.05, 4.69) is 65.0 Å². The van der Waals surface area contributed by atoms with E-state index in [1.807, 2.05) is 12.1 Å². The second-order valence-corrected chi connectivity index (χ2v) is 8.22. The Kier molecular flexibility index (Phi) is 6.05. The van der Waals surface area contributed by atoms with Gasteiger partial charge in [-0.05, 0) is 56.1 Å². The van der Waals surface area contributed by atoms with Crippen molar-refractivity contribution in [2.24, 2.45) is 0 Å². The van der Waals surface area contributed by atoms with E-state index in [-0.39, 0.29) is 0 Å². The first kappa shape index (κ1) is 19.5. The number of likely N-dealkylation sites (N-methyl/N-ethyl adjacent to an activating group) is 1. The van der Waals surface area contributed by atoms with Crippen molar-refractivity contribution in [3.05, 3.63) is 70.4 Å². The van der Waals surface area contributed by atoms with Gasteiger partial charge in [-0.15, -0.1) is 0 Å². The minimum absolute atomic E-state index is 0.682. The SMILES string of the molecule is CCN1CCC[C@H]1CNCc1c(C)n(Cc2ccccc2Cl)c2ccccc12. The van der Waals surface area contributed by atoms with Crippen LogP contribution in [0.15, 0.2) is 48.5 Å². The highest BCUT2D eigenvalue weighted by atomic mass is 35.5. The van der Waals surface area contributed by atoms with Crippen molar-refractivity contribution >= 4 is 22.5 Å². The molecule has 28 heavy (non-hydrogen) atoms. The van der Waals surface area contributed by atoms with Crippen molar-refractivity contribution < 1.29 is 0 Å². The monoisotopic (exact) mass is 395 g/mol. The number of benzene rings is 2. The van der Waals surface area contributed by atoms with Crippen LogP contribution in [0.4, 0.5) is 0 Å². The molecule has 0 spiro atoms. The van der Waals surface area contributed by atoms with E-state index in [1.165, 1.54) is 41.5 Å². The molecule has 0 amide bonds. The van der Waals surface area contributed by atoms with Crippen molar-refractivity contribution in [1.82, 2.24) is 14.8 Å². The lowest BCUT2D eigenvalue weighted by atomic mass is 10.1. The molecule has 1 aromatic heterocycles. The van der Waals surface area contributed by atoms with Crippen LogP contribution in [0, 0.1) is 6.92 Å². The van der Waals surface area contributed by atoms with Gasteiger partial charge in [0.25, 0.3) is 0 Å². The van der Waals surface area contributed by atoms with E-state index in [0.29, 0.717) is 6.04 Å². The van der Waals surface area contributed by atoms with Gasteiger partial charge >= 0.3 is 0 Å². The van der Waals surface area contributed by atoms with Crippen LogP contribution in [0.25, 0.3) is 10.9 Å². The average Bonchev–Trinajstić information content (AvgIpc) is 3.27. The number of rotatable bonds is 7. The Hall–Kier alpha value is -1.81. The number of halogens is 1. The molecule has 0 radical (unpaired) electrons. The smallest absolute Gasteiger partial charge is 0.0493 e. The molecular formula is C24H30ClN3. The fourth-order valence-corrected chi connectivity index (χ4v) is 4.83. The first-order chi connectivity index (χ1) is 13.7. The molecule has 1 atom stereocenters. The molecule has 148 valence electrons. The summed E-state index contributed by atoms with van der Waals surface area (Å²) < 4.78 is 2.40. The van der Waals surface area contributed by atoms with Crippen LogP contribution in [0.3, 0.4) is 0 Å². The predicted octanol–water partition coefficient (Wildman–Crippen LogP) is 5.23. The summed E-state index contributed by atoms with van der Waals surface area (Å²) >= 11 is 6.44. The standard InChI is InChI=1S/C24H30ClN3/c1-3-27-14-8-10-20(27)15-26-16-22-18(2)28(24-13-7-5-11-21(22)24)17-19-9-4-6-12-23(19)25/h4-7,9,11-13,20,26H,3,8,10,14-17H2,1-2H3/t20-/m0/s1. The van der Waals surface area contributed by atoms with Gasteiger partial charge < -0.3 is 9.88 Å². The molecule has 2 aromatic carbocycles. The van der Waals surface area contributed by atoms with E-state index in [0.717, 1.165) is 36.8 Å². The van der Waals surface area contributed by atoms with Crippen molar-refractivity contribution in [3.63, 3.8) is 0 Å². The number of aromatic nitrogens is 1. The second kappa shape index (κ2) is 8.69. The van der Waals surface area contributed by atoms with Crippen molar-refractivity contribution in [3.8, 4) is 0 Å². The van der Waals surface area contributed by atoms with E-state index in [4.69, 9.17) is 11.6 Å². The van der Waals surface area contributed by atoms with Gasteiger partial charge in [0.05, 0.1) is 0 Å². The lowest BCUT2D eigenvalue weighted by Gasteiger charge is -2.23. The number of nitrogens with one attached hydrogen (secondary N) is 1. The van der Waals surface area contributed by atoms with Crippen LogP contribution in [-0.2, 0) is 13.1 Å². The average molecular weight is 396 g/mol. The second-order valence-electron chi connectivity index (χ2n) is 7.81. The summed E-state index contributed by atoms with van der Waals surface area (Å²) in [5.74, 6) is 0. The summed E-state index contributed by atoms with van der Waals surface area (Å²) in [6, 6.07) is 17.6. The quantitative estimate of drug-likeness (QED) is 0.591. The molecule has 4 rings (SSSR count). The predicted molar refractivity (Wildman–Crippen MR) is 119 cm³/mol. The van der Waals surface area contributed by atoms with Gasteiger partial charge in [-0.25, -0.2) is 0 Å². The van der Waals surface area contributed by atoms with Gasteiger partial charge in [0.1, 0.15) is 0 Å². The van der Waals surface area contributed by atoms with Gasteiger partial charge in [-0.3, -0.25) is 4.90 Å². The summed E-state index contributed by atoms with van der Waals surface area (Å²) in [5.41, 5.74) is 5.18. The van der Waals surface area contributed by atoms with Gasteiger partial charge in [0.2, 0.25) is 0 Å². The first-order valence-electron chi connectivity index (χ1n) is 10.4. The zero-order valence-electron chi connectivity index (χ0n) is 16.9. The van der Waals surface area contributed by atoms with Gasteiger partial charge in [-0.1, -0.05) is 54.9 Å². The molecule has 1 saturated heterocycles. The van der Waals surface area contributed by atoms with Gasteiger partial charge in [-0.2, -0.15) is 0 Å². The number of nitrogens with zero attached hydrogens (tertiary/aromatic N) is 2. The normalized spacial score (nSPS) is 17.6. The largest absolute Gasteiger partial charge is 0.340 e. The highest BCUT2D eigenvalue weighted by Gasteiger charge is 2.22. The summed E-state index contributed by atoms with van der Waals surface area (Å²) in [6.07, 6.45) is 2.64. The van der Waals surface area contributed by atoms with E-state index < -0.39 is 0 Å². The highest BCUT2D eigenvalue weighted by molar-refractivity contribution is 6.31. The van der Waals surface area contributed by atoms with Crippen molar-refractivity contribution in [2.75, 3.05) is 19.6 Å². The topological polar surface area (TPSA) is 20.2 Å². The molecule has 2 heterocycles. The maximum atomic E-state index is 6.44. The zero-order valence-corrected chi connectivity index (χ0v) is 17.7. The molecule has 3 nitrogen and oxygen atoms in total. The molecule has 1 aliphatic rings. The van der Waals surface area contributed by atoms with Crippen LogP contribution in [-0.4, -0.2) is 35.1 Å². The zero-order chi connectivity index (χ0) is 19.5. The molecule has 0 aliphatic carbocycles. The molecule has 1 N–H and O–H groups in total. The fourth-order valence-electron chi connectivity index (χ4n) is 4.63. The van der Waals surface area contributed by atoms with Crippen molar-refractivity contribution in [2.45, 2.75) is 45.8 Å². The van der Waals surface area contributed by atoms with E-state index in [1.54, 1.807) is 0 Å². The maximum absolute atomic E-state index is 6.44. The Balaban J connectivity index is 1.57. The fraction of sp³-hybridized carbons (Fsp3) is 0.417. The third kappa shape index (κ3) is 3.84. The Morgan fingerprint density at radius 1 is 1.11 bits per heavy atom. The number of hydrogen-bond acceptors (Lipinski definition) is 2. The molecule has 1 fully saturated rings. The number of hydrogen-bond donors (Lipinski definition) is 1. The molecule has 3 aromatic rings. The molecule has 0 unspecified atom stereocenters. The van der Waals surface area contributed by atoms with E-state index >= 15 is 0 Å². The molecule has 0 saturated carbocycles. The first-order valence-corrected chi connectivity index (χ1v) is 10.8. The Morgan fingerprint density at radius 3 is 2.71 bits per heavy atom. The Bertz CT molecular complexity index is 946.